The summed E-state index contributed by atoms with van der Waals surface area (Å²) in [4.78, 5) is 17.2. The van der Waals surface area contributed by atoms with Crippen LogP contribution >= 0.6 is 11.8 Å². The van der Waals surface area contributed by atoms with E-state index in [-0.39, 0.29) is 23.2 Å². The molecule has 2 heterocycles. The van der Waals surface area contributed by atoms with Crippen LogP contribution in [0.1, 0.15) is 52.7 Å². The monoisotopic (exact) mass is 513 g/mol. The number of para-hydroxylation sites is 2. The minimum atomic E-state index is -0.261. The molecule has 1 aliphatic carbocycles. The second-order valence-corrected chi connectivity index (χ2v) is 12.2. The van der Waals surface area contributed by atoms with Crippen LogP contribution in [0, 0.1) is 0 Å². The molecule has 0 amide bonds. The number of hydrogen-bond donors (Lipinski definition) is 1. The van der Waals surface area contributed by atoms with Gasteiger partial charge in [-0.05, 0) is 44.2 Å². The first-order valence-electron chi connectivity index (χ1n) is 13.3. The molecule has 3 aliphatic rings. The van der Waals surface area contributed by atoms with Gasteiger partial charge in [0.05, 0.1) is 5.41 Å². The van der Waals surface area contributed by atoms with Crippen molar-refractivity contribution in [2.24, 2.45) is 0 Å². The van der Waals surface area contributed by atoms with Crippen LogP contribution in [0.25, 0.3) is 0 Å². The molecule has 0 unspecified atom stereocenters. The van der Waals surface area contributed by atoms with Gasteiger partial charge in [0.1, 0.15) is 6.61 Å². The Hall–Kier alpha value is -2.89. The number of anilines is 1. The second kappa shape index (κ2) is 9.45. The molecule has 192 valence electrons. The Kier molecular flexibility index (Phi) is 6.57. The largest absolute Gasteiger partial charge is 0.390 e. The minimum absolute atomic E-state index is 0.0529. The maximum absolute atomic E-state index is 13.8. The van der Waals surface area contributed by atoms with E-state index >= 15 is 0 Å². The number of fused-ring (bicyclic) bond motifs is 2. The number of aliphatic hydroxyl groups excluding tert-OH is 1. The van der Waals surface area contributed by atoms with Gasteiger partial charge in [0.15, 0.2) is 18.0 Å². The number of allylic oxidation sites excluding steroid dienone is 5. The lowest BCUT2D eigenvalue weighted by molar-refractivity contribution is -0.441. The molecule has 2 aromatic rings. The summed E-state index contributed by atoms with van der Waals surface area (Å²) < 4.78 is 2.18. The molecule has 0 spiro atoms. The normalized spacial score (nSPS) is 21.7. The first-order chi connectivity index (χ1) is 17.7. The average Bonchev–Trinajstić information content (AvgIpc) is 3.24. The van der Waals surface area contributed by atoms with Crippen LogP contribution in [-0.2, 0) is 15.6 Å². The van der Waals surface area contributed by atoms with E-state index in [0.717, 1.165) is 39.7 Å². The van der Waals surface area contributed by atoms with Crippen molar-refractivity contribution < 1.29 is 14.5 Å². The lowest BCUT2D eigenvalue weighted by Crippen LogP contribution is -2.32. The van der Waals surface area contributed by atoms with Gasteiger partial charge >= 0.3 is 0 Å². The summed E-state index contributed by atoms with van der Waals surface area (Å²) in [5.41, 5.74) is 8.27. The summed E-state index contributed by atoms with van der Waals surface area (Å²) in [6, 6.07) is 16.9. The Bertz CT molecular complexity index is 1410. The van der Waals surface area contributed by atoms with Crippen LogP contribution in [0.15, 0.2) is 82.4 Å². The smallest absolute Gasteiger partial charge is 0.209 e. The number of aliphatic hydroxyl groups is 1. The van der Waals surface area contributed by atoms with Gasteiger partial charge in [-0.1, -0.05) is 57.2 Å². The Morgan fingerprint density at radius 2 is 1.62 bits per heavy atom. The quantitative estimate of drug-likeness (QED) is 0.350. The van der Waals surface area contributed by atoms with Crippen molar-refractivity contribution in [1.29, 1.82) is 0 Å². The molecule has 4 nitrogen and oxygen atoms in total. The fraction of sp³-hybridized carbons (Fsp3) is 0.375. The third-order valence-corrected chi connectivity index (χ3v) is 9.08. The van der Waals surface area contributed by atoms with Gasteiger partial charge in [-0.2, -0.15) is 4.58 Å². The zero-order valence-corrected chi connectivity index (χ0v) is 23.6. The molecule has 0 saturated heterocycles. The second-order valence-electron chi connectivity index (χ2n) is 10.9. The number of carbonyl (C=O) groups excluding carboxylic acids is 1. The van der Waals surface area contributed by atoms with Gasteiger partial charge < -0.3 is 10.0 Å². The predicted molar refractivity (Wildman–Crippen MR) is 155 cm³/mol. The highest BCUT2D eigenvalue weighted by atomic mass is 32.2. The Labute approximate surface area is 225 Å². The molecule has 0 aromatic heterocycles. The van der Waals surface area contributed by atoms with Crippen LogP contribution in [0.4, 0.5) is 11.4 Å². The number of Topliss-reactive ketones (excluding diaryl/α,β-unsaturated/α-hetero) is 1. The van der Waals surface area contributed by atoms with E-state index in [1.54, 1.807) is 11.8 Å². The zero-order chi connectivity index (χ0) is 26.5. The van der Waals surface area contributed by atoms with Gasteiger partial charge in [0.25, 0.3) is 0 Å². The third-order valence-electron chi connectivity index (χ3n) is 8.07. The highest BCUT2D eigenvalue weighted by Crippen LogP contribution is 2.50. The van der Waals surface area contributed by atoms with Crippen molar-refractivity contribution in [3.8, 4) is 0 Å². The van der Waals surface area contributed by atoms with Crippen molar-refractivity contribution in [3.63, 3.8) is 0 Å². The number of β-amino-alcohol motifs (C(OH)–C–C–N with tert-alkyl or cyclic N) is 1. The predicted octanol–water partition coefficient (Wildman–Crippen LogP) is 6.27. The van der Waals surface area contributed by atoms with E-state index in [2.05, 4.69) is 106 Å². The fourth-order valence-electron chi connectivity index (χ4n) is 6.15. The maximum Gasteiger partial charge on any atom is 0.209 e. The van der Waals surface area contributed by atoms with Crippen LogP contribution in [0.2, 0.25) is 0 Å². The lowest BCUT2D eigenvalue weighted by Gasteiger charge is -2.30. The van der Waals surface area contributed by atoms with E-state index in [0.29, 0.717) is 6.54 Å². The number of rotatable bonds is 7. The van der Waals surface area contributed by atoms with E-state index in [9.17, 15) is 9.90 Å². The van der Waals surface area contributed by atoms with Crippen molar-refractivity contribution in [2.75, 3.05) is 30.3 Å². The number of benzene rings is 2. The Morgan fingerprint density at radius 1 is 0.946 bits per heavy atom. The molecule has 2 aromatic carbocycles. The lowest BCUT2D eigenvalue weighted by atomic mass is 9.78. The molecule has 2 aliphatic heterocycles. The van der Waals surface area contributed by atoms with E-state index in [4.69, 9.17) is 0 Å². The molecule has 0 fully saturated rings. The minimum Gasteiger partial charge on any atom is -0.390 e. The summed E-state index contributed by atoms with van der Waals surface area (Å²) in [6.45, 7) is 14.6. The first-order valence-corrected chi connectivity index (χ1v) is 14.2. The molecule has 5 heteroatoms. The van der Waals surface area contributed by atoms with Gasteiger partial charge in [-0.15, -0.1) is 11.8 Å². The standard InChI is InChI=1S/C32H37N2O2S/c1-7-33-25-15-11-9-13-23(25)31(3,4)27(33)19-21-29(36)22(30(21)37-8-2)20-28-32(5,6)24-14-10-12-16-26(24)34(28)17-18-35/h9-16,19-20,35H,7-8,17-18H2,1-6H3/q+1. The molecular weight excluding hydrogens is 476 g/mol. The van der Waals surface area contributed by atoms with E-state index in [1.807, 2.05) is 6.07 Å². The molecule has 37 heavy (non-hydrogen) atoms. The summed E-state index contributed by atoms with van der Waals surface area (Å²) in [5.74, 6) is 1.00. The SMILES string of the molecule is CCSC1=C(/C=C2\N(CC)c3ccccc3C2(C)C)C(=O)/C1=C/C1=[N+](CCO)c2ccccc2C1(C)C. The van der Waals surface area contributed by atoms with Crippen LogP contribution in [0.5, 0.6) is 0 Å². The zero-order valence-electron chi connectivity index (χ0n) is 22.8. The summed E-state index contributed by atoms with van der Waals surface area (Å²) >= 11 is 1.74. The number of nitrogens with zero attached hydrogens (tertiary/aromatic N) is 2. The highest BCUT2D eigenvalue weighted by molar-refractivity contribution is 8.03. The van der Waals surface area contributed by atoms with E-state index < -0.39 is 0 Å². The van der Waals surface area contributed by atoms with Crippen molar-refractivity contribution in [1.82, 2.24) is 0 Å². The maximum atomic E-state index is 13.8. The molecule has 0 bridgehead atoms. The number of ketones is 1. The van der Waals surface area contributed by atoms with E-state index in [1.165, 1.54) is 22.5 Å². The number of thioether (sulfide) groups is 1. The van der Waals surface area contributed by atoms with Crippen molar-refractivity contribution >= 4 is 34.6 Å². The van der Waals surface area contributed by atoms with Crippen molar-refractivity contribution in [3.05, 3.63) is 93.6 Å². The van der Waals surface area contributed by atoms with Gasteiger partial charge in [-0.25, -0.2) is 0 Å². The summed E-state index contributed by atoms with van der Waals surface area (Å²) in [5, 5.41) is 9.84. The van der Waals surface area contributed by atoms with Gasteiger partial charge in [0, 0.05) is 57.1 Å². The molecular formula is C32H37N2O2S+. The van der Waals surface area contributed by atoms with Gasteiger partial charge in [0.2, 0.25) is 5.69 Å². The fourth-order valence-corrected chi connectivity index (χ4v) is 7.06. The highest BCUT2D eigenvalue weighted by Gasteiger charge is 2.46. The summed E-state index contributed by atoms with van der Waals surface area (Å²) in [7, 11) is 0. The first kappa shape index (κ1) is 25.7. The Balaban J connectivity index is 1.63. The number of hydrogen-bond acceptors (Lipinski definition) is 4. The number of carbonyl (C=O) groups is 1. The molecule has 5 rings (SSSR count). The molecule has 0 saturated carbocycles. The van der Waals surface area contributed by atoms with Crippen molar-refractivity contribution in [2.45, 2.75) is 52.4 Å². The van der Waals surface area contributed by atoms with Crippen LogP contribution in [-0.4, -0.2) is 46.6 Å². The third kappa shape index (κ3) is 3.86. The summed E-state index contributed by atoms with van der Waals surface area (Å²) in [6.07, 6.45) is 4.23. The molecule has 0 atom stereocenters. The van der Waals surface area contributed by atoms with Crippen LogP contribution in [0.3, 0.4) is 0 Å². The number of likely N-dealkylation sites (N-methyl/N-ethyl adjacent to an activating group) is 1. The molecule has 0 radical (unpaired) electrons. The van der Waals surface area contributed by atoms with Crippen LogP contribution < -0.4 is 4.90 Å². The van der Waals surface area contributed by atoms with Gasteiger partial charge in [-0.3, -0.25) is 4.79 Å². The topological polar surface area (TPSA) is 43.5 Å². The Morgan fingerprint density at radius 3 is 2.30 bits per heavy atom. The average molecular weight is 514 g/mol. The molecule has 1 N–H and O–H groups in total.